The number of hydrogen-bond donors (Lipinski definition) is 0. The summed E-state index contributed by atoms with van der Waals surface area (Å²) < 4.78 is 31.7. The van der Waals surface area contributed by atoms with E-state index in [1.54, 1.807) is 0 Å². The second kappa shape index (κ2) is 6.01. The minimum atomic E-state index is -0.522. The average molecular weight is 297 g/mol. The highest BCUT2D eigenvalue weighted by atomic mass is 35.5. The van der Waals surface area contributed by atoms with Gasteiger partial charge in [0.05, 0.1) is 5.56 Å². The van der Waals surface area contributed by atoms with Crippen LogP contribution in [0.15, 0.2) is 36.4 Å². The molecular formula is C15H11ClF2O2. The van der Waals surface area contributed by atoms with E-state index in [1.807, 2.05) is 0 Å². The zero-order valence-electron chi connectivity index (χ0n) is 10.6. The molecule has 0 amide bonds. The van der Waals surface area contributed by atoms with Crippen LogP contribution in [0.3, 0.4) is 0 Å². The maximum atomic E-state index is 13.1. The van der Waals surface area contributed by atoms with Crippen molar-refractivity contribution in [1.82, 2.24) is 0 Å². The van der Waals surface area contributed by atoms with Gasteiger partial charge in [-0.1, -0.05) is 11.6 Å². The third kappa shape index (κ3) is 3.33. The highest BCUT2D eigenvalue weighted by Crippen LogP contribution is 2.24. The Morgan fingerprint density at radius 2 is 1.80 bits per heavy atom. The van der Waals surface area contributed by atoms with E-state index in [9.17, 15) is 13.6 Å². The first-order valence-electron chi connectivity index (χ1n) is 5.84. The molecule has 0 aliphatic rings. The van der Waals surface area contributed by atoms with Crippen LogP contribution in [0.2, 0.25) is 5.02 Å². The van der Waals surface area contributed by atoms with Crippen molar-refractivity contribution in [2.24, 2.45) is 0 Å². The molecule has 0 spiro atoms. The lowest BCUT2D eigenvalue weighted by Gasteiger charge is -2.11. The quantitative estimate of drug-likeness (QED) is 0.782. The number of ketones is 1. The summed E-state index contributed by atoms with van der Waals surface area (Å²) in [6.07, 6.45) is 0. The molecule has 0 N–H and O–H groups in total. The Balaban J connectivity index is 2.23. The number of halogens is 3. The third-order valence-electron chi connectivity index (χ3n) is 2.71. The van der Waals surface area contributed by atoms with Gasteiger partial charge in [-0.2, -0.15) is 0 Å². The van der Waals surface area contributed by atoms with Crippen molar-refractivity contribution in [2.75, 3.05) is 0 Å². The summed E-state index contributed by atoms with van der Waals surface area (Å²) in [5.41, 5.74) is 0.586. The predicted molar refractivity (Wildman–Crippen MR) is 72.1 cm³/mol. The molecule has 5 heteroatoms. The lowest BCUT2D eigenvalue weighted by molar-refractivity contribution is 0.101. The first-order valence-corrected chi connectivity index (χ1v) is 6.22. The Kier molecular flexibility index (Phi) is 4.35. The van der Waals surface area contributed by atoms with Crippen molar-refractivity contribution in [2.45, 2.75) is 13.5 Å². The minimum Gasteiger partial charge on any atom is -0.488 e. The van der Waals surface area contributed by atoms with Crippen LogP contribution in [0.25, 0.3) is 0 Å². The lowest BCUT2D eigenvalue weighted by atomic mass is 10.1. The summed E-state index contributed by atoms with van der Waals surface area (Å²) >= 11 is 5.92. The number of rotatable bonds is 4. The molecule has 0 aliphatic carbocycles. The van der Waals surface area contributed by atoms with Crippen LogP contribution < -0.4 is 4.74 Å². The van der Waals surface area contributed by atoms with Crippen molar-refractivity contribution in [1.29, 1.82) is 0 Å². The molecule has 0 aliphatic heterocycles. The second-order valence-corrected chi connectivity index (χ2v) is 4.63. The highest BCUT2D eigenvalue weighted by Gasteiger charge is 2.11. The van der Waals surface area contributed by atoms with E-state index in [2.05, 4.69) is 0 Å². The summed E-state index contributed by atoms with van der Waals surface area (Å²) in [4.78, 5) is 11.4. The molecule has 0 fully saturated rings. The minimum absolute atomic E-state index is 0.0114. The van der Waals surface area contributed by atoms with E-state index < -0.39 is 11.6 Å². The predicted octanol–water partition coefficient (Wildman–Crippen LogP) is 4.40. The Labute approximate surface area is 119 Å². The highest BCUT2D eigenvalue weighted by molar-refractivity contribution is 6.31. The van der Waals surface area contributed by atoms with Crippen LogP contribution in [-0.4, -0.2) is 5.78 Å². The van der Waals surface area contributed by atoms with Gasteiger partial charge in [0.1, 0.15) is 24.0 Å². The largest absolute Gasteiger partial charge is 0.488 e. The van der Waals surface area contributed by atoms with Crippen molar-refractivity contribution < 1.29 is 18.3 Å². The number of benzene rings is 2. The molecule has 0 radical (unpaired) electrons. The van der Waals surface area contributed by atoms with Gasteiger partial charge < -0.3 is 4.74 Å². The zero-order valence-corrected chi connectivity index (χ0v) is 11.4. The van der Waals surface area contributed by atoms with E-state index in [4.69, 9.17) is 16.3 Å². The summed E-state index contributed by atoms with van der Waals surface area (Å²) in [6, 6.07) is 7.56. The molecule has 0 unspecified atom stereocenters. The molecule has 2 aromatic carbocycles. The molecule has 20 heavy (non-hydrogen) atoms. The van der Waals surface area contributed by atoms with E-state index in [1.165, 1.54) is 37.3 Å². The van der Waals surface area contributed by atoms with Crippen LogP contribution in [0.1, 0.15) is 22.8 Å². The first kappa shape index (κ1) is 14.5. The van der Waals surface area contributed by atoms with Crippen molar-refractivity contribution in [3.8, 4) is 5.75 Å². The van der Waals surface area contributed by atoms with Crippen LogP contribution in [0.4, 0.5) is 8.78 Å². The molecule has 104 valence electrons. The number of Topliss-reactive ketones (excluding diaryl/α,β-unsaturated/α-hetero) is 1. The molecular weight excluding hydrogens is 286 g/mol. The van der Waals surface area contributed by atoms with Crippen molar-refractivity contribution in [3.63, 3.8) is 0 Å². The van der Waals surface area contributed by atoms with Gasteiger partial charge in [0.2, 0.25) is 0 Å². The van der Waals surface area contributed by atoms with Gasteiger partial charge in [-0.25, -0.2) is 8.78 Å². The summed E-state index contributed by atoms with van der Waals surface area (Å²) in [5.74, 6) is -1.03. The SMILES string of the molecule is CC(=O)c1cc(F)ccc1OCc1cc(F)ccc1Cl. The van der Waals surface area contributed by atoms with Crippen LogP contribution in [-0.2, 0) is 6.61 Å². The molecule has 2 rings (SSSR count). The van der Waals surface area contributed by atoms with E-state index in [0.717, 1.165) is 6.07 Å². The third-order valence-corrected chi connectivity index (χ3v) is 3.08. The number of hydrogen-bond acceptors (Lipinski definition) is 2. The van der Waals surface area contributed by atoms with Gasteiger partial charge in [-0.3, -0.25) is 4.79 Å². The van der Waals surface area contributed by atoms with Gasteiger partial charge in [0.25, 0.3) is 0 Å². The lowest BCUT2D eigenvalue weighted by Crippen LogP contribution is -2.03. The summed E-state index contributed by atoms with van der Waals surface area (Å²) in [6.45, 7) is 1.30. The second-order valence-electron chi connectivity index (χ2n) is 4.22. The molecule has 2 nitrogen and oxygen atoms in total. The molecule has 0 saturated carbocycles. The van der Waals surface area contributed by atoms with Gasteiger partial charge >= 0.3 is 0 Å². The zero-order chi connectivity index (χ0) is 14.7. The maximum absolute atomic E-state index is 13.1. The van der Waals surface area contributed by atoms with E-state index in [-0.39, 0.29) is 23.7 Å². The van der Waals surface area contributed by atoms with Crippen molar-refractivity contribution in [3.05, 3.63) is 64.2 Å². The monoisotopic (exact) mass is 296 g/mol. The van der Waals surface area contributed by atoms with E-state index in [0.29, 0.717) is 10.6 Å². The maximum Gasteiger partial charge on any atom is 0.163 e. The fourth-order valence-electron chi connectivity index (χ4n) is 1.71. The fraction of sp³-hybridized carbons (Fsp3) is 0.133. The normalized spacial score (nSPS) is 10.4. The number of ether oxygens (including phenoxy) is 1. The molecule has 0 aromatic heterocycles. The smallest absolute Gasteiger partial charge is 0.163 e. The van der Waals surface area contributed by atoms with Gasteiger partial charge in [-0.15, -0.1) is 0 Å². The van der Waals surface area contributed by atoms with Gasteiger partial charge in [0, 0.05) is 10.6 Å². The number of carbonyl (C=O) groups is 1. The first-order chi connectivity index (χ1) is 9.47. The Bertz CT molecular complexity index is 656. The Hall–Kier alpha value is -1.94. The summed E-state index contributed by atoms with van der Waals surface area (Å²) in [5, 5.41) is 0.359. The Morgan fingerprint density at radius 1 is 1.15 bits per heavy atom. The Morgan fingerprint density at radius 3 is 2.50 bits per heavy atom. The topological polar surface area (TPSA) is 26.3 Å². The average Bonchev–Trinajstić information content (AvgIpc) is 2.40. The molecule has 0 bridgehead atoms. The summed E-state index contributed by atoms with van der Waals surface area (Å²) in [7, 11) is 0. The molecule has 0 saturated heterocycles. The molecule has 0 heterocycles. The van der Waals surface area contributed by atoms with Gasteiger partial charge in [0.15, 0.2) is 5.78 Å². The number of carbonyl (C=O) groups excluding carboxylic acids is 1. The molecule has 0 atom stereocenters. The van der Waals surface area contributed by atoms with Crippen molar-refractivity contribution >= 4 is 17.4 Å². The van der Waals surface area contributed by atoms with Crippen LogP contribution >= 0.6 is 11.6 Å². The fourth-order valence-corrected chi connectivity index (χ4v) is 1.88. The molecule has 2 aromatic rings. The van der Waals surface area contributed by atoms with Crippen LogP contribution in [0, 0.1) is 11.6 Å². The van der Waals surface area contributed by atoms with Crippen LogP contribution in [0.5, 0.6) is 5.75 Å². The van der Waals surface area contributed by atoms with E-state index >= 15 is 0 Å². The standard InChI is InChI=1S/C15H11ClF2O2/c1-9(19)13-7-12(18)3-5-15(13)20-8-10-6-11(17)2-4-14(10)16/h2-7H,8H2,1H3. The van der Waals surface area contributed by atoms with Gasteiger partial charge in [-0.05, 0) is 43.3 Å².